The Morgan fingerprint density at radius 1 is 1.28 bits per heavy atom. The van der Waals surface area contributed by atoms with Gasteiger partial charge in [-0.05, 0) is 36.5 Å². The molecule has 1 aromatic heterocycles. The summed E-state index contributed by atoms with van der Waals surface area (Å²) < 4.78 is 10.7. The average Bonchev–Trinajstić information content (AvgIpc) is 3.08. The van der Waals surface area contributed by atoms with Gasteiger partial charge in [0.2, 0.25) is 17.7 Å². The van der Waals surface area contributed by atoms with E-state index in [9.17, 15) is 4.79 Å². The predicted octanol–water partition coefficient (Wildman–Crippen LogP) is 3.29. The number of carbonyl (C=O) groups excluding carboxylic acids is 1. The summed E-state index contributed by atoms with van der Waals surface area (Å²) in [6, 6.07) is 7.93. The number of likely N-dealkylation sites (tertiary alicyclic amines) is 1. The van der Waals surface area contributed by atoms with Crippen LogP contribution in [0, 0.1) is 6.92 Å². The second kappa shape index (κ2) is 7.68. The molecule has 2 heterocycles. The van der Waals surface area contributed by atoms with Gasteiger partial charge in [0.05, 0.1) is 7.11 Å². The maximum atomic E-state index is 12.6. The zero-order valence-electron chi connectivity index (χ0n) is 15.1. The molecule has 1 aromatic carbocycles. The molecule has 1 aliphatic heterocycles. The molecule has 1 aliphatic rings. The van der Waals surface area contributed by atoms with E-state index in [1.807, 2.05) is 29.2 Å². The fourth-order valence-corrected chi connectivity index (χ4v) is 3.29. The molecule has 1 atom stereocenters. The molecular formula is C19H25N3O3. The van der Waals surface area contributed by atoms with Crippen LogP contribution in [0.3, 0.4) is 0 Å². The number of aryl methyl sites for hydroxylation is 1. The first-order valence-corrected chi connectivity index (χ1v) is 8.78. The Kier molecular flexibility index (Phi) is 5.36. The fraction of sp³-hybridized carbons (Fsp3) is 0.526. The van der Waals surface area contributed by atoms with Gasteiger partial charge < -0.3 is 14.1 Å². The number of piperidine rings is 1. The summed E-state index contributed by atoms with van der Waals surface area (Å²) in [5.41, 5.74) is 1.16. The first-order chi connectivity index (χ1) is 12.1. The minimum Gasteiger partial charge on any atom is -0.497 e. The molecule has 0 bridgehead atoms. The number of rotatable bonds is 5. The summed E-state index contributed by atoms with van der Waals surface area (Å²) >= 11 is 0. The summed E-state index contributed by atoms with van der Waals surface area (Å²) in [6.45, 7) is 5.39. The highest BCUT2D eigenvalue weighted by Gasteiger charge is 2.27. The van der Waals surface area contributed by atoms with Crippen LogP contribution in [-0.4, -0.2) is 41.2 Å². The lowest BCUT2D eigenvalue weighted by Gasteiger charge is -2.31. The minimum atomic E-state index is 0.190. The van der Waals surface area contributed by atoms with Crippen LogP contribution in [0.2, 0.25) is 0 Å². The van der Waals surface area contributed by atoms with E-state index in [1.54, 1.807) is 14.0 Å². The molecule has 1 saturated heterocycles. The Bertz CT molecular complexity index is 703. The quantitative estimate of drug-likeness (QED) is 0.833. The maximum absolute atomic E-state index is 12.6. The smallest absolute Gasteiger partial charge is 0.223 e. The van der Waals surface area contributed by atoms with Crippen molar-refractivity contribution in [3.63, 3.8) is 0 Å². The third-order valence-corrected chi connectivity index (χ3v) is 4.90. The van der Waals surface area contributed by atoms with Gasteiger partial charge in [-0.25, -0.2) is 0 Å². The van der Waals surface area contributed by atoms with Crippen molar-refractivity contribution in [1.29, 1.82) is 0 Å². The fourth-order valence-electron chi connectivity index (χ4n) is 3.29. The molecule has 2 aromatic rings. The molecule has 6 heteroatoms. The van der Waals surface area contributed by atoms with Crippen molar-refractivity contribution in [1.82, 2.24) is 15.1 Å². The van der Waals surface area contributed by atoms with Crippen molar-refractivity contribution in [3.05, 3.63) is 41.6 Å². The van der Waals surface area contributed by atoms with Crippen molar-refractivity contribution in [3.8, 4) is 5.75 Å². The Hall–Kier alpha value is -2.37. The topological polar surface area (TPSA) is 68.5 Å². The van der Waals surface area contributed by atoms with E-state index in [2.05, 4.69) is 17.1 Å². The summed E-state index contributed by atoms with van der Waals surface area (Å²) in [6.07, 6.45) is 2.28. The molecule has 3 rings (SSSR count). The standard InChI is InChI=1S/C19H25N3O3/c1-13(15-4-6-17(24-3)7-5-15)12-18(23)22-10-8-16(9-11-22)19-21-20-14(2)25-19/h4-7,13,16H,8-12H2,1-3H3. The lowest BCUT2D eigenvalue weighted by Crippen LogP contribution is -2.38. The zero-order chi connectivity index (χ0) is 17.8. The van der Waals surface area contributed by atoms with Crippen LogP contribution in [0.15, 0.2) is 28.7 Å². The summed E-state index contributed by atoms with van der Waals surface area (Å²) in [4.78, 5) is 14.6. The monoisotopic (exact) mass is 343 g/mol. The van der Waals surface area contributed by atoms with Crippen LogP contribution in [-0.2, 0) is 4.79 Å². The van der Waals surface area contributed by atoms with E-state index in [0.717, 1.165) is 37.2 Å². The number of hydrogen-bond donors (Lipinski definition) is 0. The van der Waals surface area contributed by atoms with Crippen molar-refractivity contribution < 1.29 is 13.9 Å². The highest BCUT2D eigenvalue weighted by Crippen LogP contribution is 2.28. The summed E-state index contributed by atoms with van der Waals surface area (Å²) in [5, 5.41) is 8.01. The average molecular weight is 343 g/mol. The molecule has 0 radical (unpaired) electrons. The summed E-state index contributed by atoms with van der Waals surface area (Å²) in [5.74, 6) is 2.81. The molecule has 0 saturated carbocycles. The molecular weight excluding hydrogens is 318 g/mol. The van der Waals surface area contributed by atoms with Gasteiger partial charge in [0.15, 0.2) is 0 Å². The number of ether oxygens (including phenoxy) is 1. The lowest BCUT2D eigenvalue weighted by molar-refractivity contribution is -0.132. The van der Waals surface area contributed by atoms with Gasteiger partial charge in [-0.1, -0.05) is 19.1 Å². The molecule has 1 fully saturated rings. The van der Waals surface area contributed by atoms with E-state index in [0.29, 0.717) is 18.2 Å². The first-order valence-electron chi connectivity index (χ1n) is 8.78. The second-order valence-corrected chi connectivity index (χ2v) is 6.69. The van der Waals surface area contributed by atoms with Crippen molar-refractivity contribution >= 4 is 5.91 Å². The molecule has 6 nitrogen and oxygen atoms in total. The number of methoxy groups -OCH3 is 1. The molecule has 1 unspecified atom stereocenters. The Morgan fingerprint density at radius 3 is 2.52 bits per heavy atom. The van der Waals surface area contributed by atoms with Crippen LogP contribution < -0.4 is 4.74 Å². The number of amides is 1. The lowest BCUT2D eigenvalue weighted by atomic mass is 9.94. The van der Waals surface area contributed by atoms with Gasteiger partial charge in [0.1, 0.15) is 5.75 Å². The van der Waals surface area contributed by atoms with Crippen LogP contribution >= 0.6 is 0 Å². The first kappa shape index (κ1) is 17.5. The number of carbonyl (C=O) groups is 1. The molecule has 25 heavy (non-hydrogen) atoms. The number of aromatic nitrogens is 2. The molecule has 1 amide bonds. The minimum absolute atomic E-state index is 0.190. The van der Waals surface area contributed by atoms with E-state index in [1.165, 1.54) is 0 Å². The second-order valence-electron chi connectivity index (χ2n) is 6.69. The number of hydrogen-bond acceptors (Lipinski definition) is 5. The van der Waals surface area contributed by atoms with Crippen LogP contribution in [0.5, 0.6) is 5.75 Å². The Balaban J connectivity index is 1.51. The predicted molar refractivity (Wildman–Crippen MR) is 93.6 cm³/mol. The normalized spacial score (nSPS) is 16.7. The maximum Gasteiger partial charge on any atom is 0.223 e. The van der Waals surface area contributed by atoms with Gasteiger partial charge in [0, 0.05) is 32.4 Å². The van der Waals surface area contributed by atoms with Crippen LogP contribution in [0.1, 0.15) is 55.4 Å². The van der Waals surface area contributed by atoms with E-state index >= 15 is 0 Å². The third kappa shape index (κ3) is 4.18. The highest BCUT2D eigenvalue weighted by atomic mass is 16.5. The van der Waals surface area contributed by atoms with Gasteiger partial charge in [-0.15, -0.1) is 10.2 Å². The third-order valence-electron chi connectivity index (χ3n) is 4.90. The molecule has 0 aliphatic carbocycles. The SMILES string of the molecule is COc1ccc(C(C)CC(=O)N2CCC(c3nnc(C)o3)CC2)cc1. The summed E-state index contributed by atoms with van der Waals surface area (Å²) in [7, 11) is 1.65. The van der Waals surface area contributed by atoms with Gasteiger partial charge in [-0.3, -0.25) is 4.79 Å². The molecule has 134 valence electrons. The molecule has 0 N–H and O–H groups in total. The van der Waals surface area contributed by atoms with Gasteiger partial charge >= 0.3 is 0 Å². The Labute approximate surface area is 148 Å². The Morgan fingerprint density at radius 2 is 1.96 bits per heavy atom. The van der Waals surface area contributed by atoms with Crippen molar-refractivity contribution in [2.45, 2.75) is 44.9 Å². The van der Waals surface area contributed by atoms with Gasteiger partial charge in [0.25, 0.3) is 0 Å². The van der Waals surface area contributed by atoms with Gasteiger partial charge in [-0.2, -0.15) is 0 Å². The van der Waals surface area contributed by atoms with E-state index < -0.39 is 0 Å². The highest BCUT2D eigenvalue weighted by molar-refractivity contribution is 5.77. The number of benzene rings is 1. The van der Waals surface area contributed by atoms with Crippen molar-refractivity contribution in [2.24, 2.45) is 0 Å². The molecule has 0 spiro atoms. The largest absolute Gasteiger partial charge is 0.497 e. The van der Waals surface area contributed by atoms with Crippen molar-refractivity contribution in [2.75, 3.05) is 20.2 Å². The van der Waals surface area contributed by atoms with Crippen LogP contribution in [0.25, 0.3) is 0 Å². The number of nitrogens with zero attached hydrogens (tertiary/aromatic N) is 3. The van der Waals surface area contributed by atoms with E-state index in [-0.39, 0.29) is 17.7 Å². The van der Waals surface area contributed by atoms with Crippen LogP contribution in [0.4, 0.5) is 0 Å². The van der Waals surface area contributed by atoms with E-state index in [4.69, 9.17) is 9.15 Å². The zero-order valence-corrected chi connectivity index (χ0v) is 15.1.